The van der Waals surface area contributed by atoms with Crippen LogP contribution >= 0.6 is 0 Å². The van der Waals surface area contributed by atoms with Crippen molar-refractivity contribution in [3.05, 3.63) is 29.8 Å². The zero-order valence-electron chi connectivity index (χ0n) is 11.0. The van der Waals surface area contributed by atoms with Crippen molar-refractivity contribution in [2.24, 2.45) is 11.8 Å². The smallest absolute Gasteiger partial charge is 0.306 e. The fourth-order valence-corrected chi connectivity index (χ4v) is 2.49. The van der Waals surface area contributed by atoms with Gasteiger partial charge in [0.1, 0.15) is 0 Å². The minimum absolute atomic E-state index is 0.123. The number of carboxylic acid groups (broad SMARTS) is 1. The molecule has 5 nitrogen and oxygen atoms in total. The van der Waals surface area contributed by atoms with Crippen LogP contribution in [0.4, 0.5) is 5.69 Å². The van der Waals surface area contributed by atoms with Crippen molar-refractivity contribution in [3.8, 4) is 6.07 Å². The highest BCUT2D eigenvalue weighted by atomic mass is 16.4. The predicted molar refractivity (Wildman–Crippen MR) is 72.9 cm³/mol. The fraction of sp³-hybridized carbons (Fsp3) is 0.400. The number of carbonyl (C=O) groups excluding carboxylic acids is 1. The quantitative estimate of drug-likeness (QED) is 0.879. The number of nitriles is 1. The fourth-order valence-electron chi connectivity index (χ4n) is 2.49. The highest BCUT2D eigenvalue weighted by molar-refractivity contribution is 5.93. The Morgan fingerprint density at radius 1 is 1.25 bits per heavy atom. The normalized spacial score (nSPS) is 21.1. The van der Waals surface area contributed by atoms with Crippen molar-refractivity contribution in [1.29, 1.82) is 5.26 Å². The third-order valence-electron chi connectivity index (χ3n) is 3.66. The summed E-state index contributed by atoms with van der Waals surface area (Å²) in [6, 6.07) is 9.18. The molecule has 2 unspecified atom stereocenters. The summed E-state index contributed by atoms with van der Waals surface area (Å²) < 4.78 is 0. The second kappa shape index (κ2) is 6.20. The Bertz CT molecular complexity index is 545. The van der Waals surface area contributed by atoms with Gasteiger partial charge in [-0.1, -0.05) is 12.1 Å². The molecule has 2 rings (SSSR count). The van der Waals surface area contributed by atoms with Crippen molar-refractivity contribution >= 4 is 17.6 Å². The van der Waals surface area contributed by atoms with Gasteiger partial charge in [0.25, 0.3) is 0 Å². The summed E-state index contributed by atoms with van der Waals surface area (Å²) >= 11 is 0. The van der Waals surface area contributed by atoms with E-state index in [0.717, 1.165) is 5.56 Å². The van der Waals surface area contributed by atoms with Gasteiger partial charge in [0.2, 0.25) is 5.91 Å². The summed E-state index contributed by atoms with van der Waals surface area (Å²) in [5.74, 6) is -1.57. The molecule has 0 spiro atoms. The second-order valence-corrected chi connectivity index (χ2v) is 5.07. The van der Waals surface area contributed by atoms with E-state index in [4.69, 9.17) is 10.4 Å². The highest BCUT2D eigenvalue weighted by Gasteiger charge is 2.33. The second-order valence-electron chi connectivity index (χ2n) is 5.07. The number of nitrogens with zero attached hydrogens (tertiary/aromatic N) is 1. The lowest BCUT2D eigenvalue weighted by Gasteiger charge is -2.11. The van der Waals surface area contributed by atoms with Crippen LogP contribution in [0.25, 0.3) is 0 Å². The Labute approximate surface area is 117 Å². The molecule has 0 aromatic heterocycles. The molecule has 1 aromatic carbocycles. The lowest BCUT2D eigenvalue weighted by atomic mass is 10.0. The van der Waals surface area contributed by atoms with Gasteiger partial charge < -0.3 is 10.4 Å². The Morgan fingerprint density at radius 3 is 2.45 bits per heavy atom. The molecule has 1 aromatic rings. The summed E-state index contributed by atoms with van der Waals surface area (Å²) in [6.45, 7) is 0. The Balaban J connectivity index is 1.92. The van der Waals surface area contributed by atoms with Gasteiger partial charge in [-0.15, -0.1) is 0 Å². The molecule has 104 valence electrons. The van der Waals surface area contributed by atoms with Gasteiger partial charge in [-0.3, -0.25) is 9.59 Å². The number of carbonyl (C=O) groups is 2. The van der Waals surface area contributed by atoms with Crippen LogP contribution in [-0.4, -0.2) is 17.0 Å². The largest absolute Gasteiger partial charge is 0.481 e. The minimum Gasteiger partial charge on any atom is -0.481 e. The van der Waals surface area contributed by atoms with E-state index in [1.54, 1.807) is 24.3 Å². The molecule has 0 radical (unpaired) electrons. The van der Waals surface area contributed by atoms with Crippen LogP contribution < -0.4 is 5.32 Å². The number of carboxylic acids is 1. The number of hydrogen-bond acceptors (Lipinski definition) is 3. The predicted octanol–water partition coefficient (Wildman–Crippen LogP) is 2.19. The van der Waals surface area contributed by atoms with Crippen LogP contribution in [0.3, 0.4) is 0 Å². The van der Waals surface area contributed by atoms with Gasteiger partial charge in [-0.05, 0) is 37.0 Å². The monoisotopic (exact) mass is 272 g/mol. The maximum Gasteiger partial charge on any atom is 0.306 e. The maximum absolute atomic E-state index is 12.0. The molecule has 1 aliphatic rings. The average Bonchev–Trinajstić information content (AvgIpc) is 2.91. The first-order chi connectivity index (χ1) is 9.60. The third-order valence-corrected chi connectivity index (χ3v) is 3.66. The van der Waals surface area contributed by atoms with E-state index in [1.165, 1.54) is 0 Å². The number of anilines is 1. The number of hydrogen-bond donors (Lipinski definition) is 2. The molecule has 2 N–H and O–H groups in total. The molecule has 1 aliphatic carbocycles. The first-order valence-corrected chi connectivity index (χ1v) is 6.59. The Hall–Kier alpha value is -2.35. The Morgan fingerprint density at radius 2 is 1.90 bits per heavy atom. The maximum atomic E-state index is 12.0. The van der Waals surface area contributed by atoms with Crippen molar-refractivity contribution < 1.29 is 14.7 Å². The van der Waals surface area contributed by atoms with E-state index in [9.17, 15) is 9.59 Å². The van der Waals surface area contributed by atoms with Crippen molar-refractivity contribution in [2.45, 2.75) is 25.7 Å². The lowest BCUT2D eigenvalue weighted by molar-refractivity contribution is -0.141. The summed E-state index contributed by atoms with van der Waals surface area (Å²) in [6.07, 6.45) is 1.94. The van der Waals surface area contributed by atoms with Crippen LogP contribution in [0.2, 0.25) is 0 Å². The first-order valence-electron chi connectivity index (χ1n) is 6.59. The molecule has 2 atom stereocenters. The molecule has 0 saturated heterocycles. The number of benzene rings is 1. The molecular weight excluding hydrogens is 256 g/mol. The van der Waals surface area contributed by atoms with E-state index >= 15 is 0 Å². The van der Waals surface area contributed by atoms with E-state index in [2.05, 4.69) is 11.4 Å². The molecule has 0 aliphatic heterocycles. The highest BCUT2D eigenvalue weighted by Crippen LogP contribution is 2.31. The van der Waals surface area contributed by atoms with Crippen LogP contribution in [-0.2, 0) is 16.0 Å². The SMILES string of the molecule is N#CCc1ccc(NC(=O)C2CCC(C(=O)O)C2)cc1. The standard InChI is InChI=1S/C15H16N2O3/c16-8-7-10-1-5-13(6-2-10)17-14(18)11-3-4-12(9-11)15(19)20/h1-2,5-6,11-12H,3-4,7,9H2,(H,17,18)(H,19,20). The van der Waals surface area contributed by atoms with Gasteiger partial charge >= 0.3 is 5.97 Å². The number of nitrogens with one attached hydrogen (secondary N) is 1. The number of amides is 1. The third kappa shape index (κ3) is 3.35. The van der Waals surface area contributed by atoms with E-state index in [0.29, 0.717) is 31.4 Å². The van der Waals surface area contributed by atoms with Crippen molar-refractivity contribution in [2.75, 3.05) is 5.32 Å². The number of rotatable bonds is 4. The first kappa shape index (κ1) is 14.1. The van der Waals surface area contributed by atoms with Gasteiger partial charge in [0, 0.05) is 11.6 Å². The number of aliphatic carboxylic acids is 1. The van der Waals surface area contributed by atoms with Gasteiger partial charge in [-0.2, -0.15) is 5.26 Å². The van der Waals surface area contributed by atoms with E-state index < -0.39 is 11.9 Å². The molecule has 20 heavy (non-hydrogen) atoms. The summed E-state index contributed by atoms with van der Waals surface area (Å²) in [4.78, 5) is 22.9. The summed E-state index contributed by atoms with van der Waals surface area (Å²) in [5, 5.41) is 20.3. The molecular formula is C15H16N2O3. The van der Waals surface area contributed by atoms with Crippen LogP contribution in [0.15, 0.2) is 24.3 Å². The van der Waals surface area contributed by atoms with Gasteiger partial charge in [0.05, 0.1) is 18.4 Å². The summed E-state index contributed by atoms with van der Waals surface area (Å²) in [7, 11) is 0. The minimum atomic E-state index is -0.818. The van der Waals surface area contributed by atoms with Crippen molar-refractivity contribution in [3.63, 3.8) is 0 Å². The summed E-state index contributed by atoms with van der Waals surface area (Å²) in [5.41, 5.74) is 1.58. The van der Waals surface area contributed by atoms with Crippen molar-refractivity contribution in [1.82, 2.24) is 0 Å². The molecule has 1 saturated carbocycles. The Kier molecular flexibility index (Phi) is 4.36. The van der Waals surface area contributed by atoms with Crippen LogP contribution in [0.5, 0.6) is 0 Å². The van der Waals surface area contributed by atoms with Gasteiger partial charge in [0.15, 0.2) is 0 Å². The molecule has 0 bridgehead atoms. The van der Waals surface area contributed by atoms with Crippen LogP contribution in [0.1, 0.15) is 24.8 Å². The molecule has 1 fully saturated rings. The lowest BCUT2D eigenvalue weighted by Crippen LogP contribution is -2.21. The van der Waals surface area contributed by atoms with E-state index in [1.807, 2.05) is 0 Å². The molecule has 0 heterocycles. The average molecular weight is 272 g/mol. The molecule has 5 heteroatoms. The van der Waals surface area contributed by atoms with Gasteiger partial charge in [-0.25, -0.2) is 0 Å². The van der Waals surface area contributed by atoms with Crippen LogP contribution in [0, 0.1) is 23.2 Å². The zero-order chi connectivity index (χ0) is 14.5. The molecule has 1 amide bonds. The zero-order valence-corrected chi connectivity index (χ0v) is 11.0. The van der Waals surface area contributed by atoms with E-state index in [-0.39, 0.29) is 11.8 Å². The topological polar surface area (TPSA) is 90.2 Å².